The molecule has 0 saturated heterocycles. The number of rotatable bonds is 2. The monoisotopic (exact) mass is 157 g/mol. The minimum atomic E-state index is -0.685. The van der Waals surface area contributed by atoms with Crippen molar-refractivity contribution in [3.8, 4) is 0 Å². The van der Waals surface area contributed by atoms with Gasteiger partial charge in [-0.3, -0.25) is 4.79 Å². The molecule has 0 bridgehead atoms. The van der Waals surface area contributed by atoms with Crippen molar-refractivity contribution in [2.24, 2.45) is 17.6 Å². The van der Waals surface area contributed by atoms with Gasteiger partial charge >= 0.3 is 5.97 Å². The summed E-state index contributed by atoms with van der Waals surface area (Å²) < 4.78 is 4.85. The summed E-state index contributed by atoms with van der Waals surface area (Å²) in [7, 11) is 0. The molecule has 1 unspecified atom stereocenters. The first-order chi connectivity index (χ1) is 5.05. The molecule has 2 N–H and O–H groups in total. The summed E-state index contributed by atoms with van der Waals surface area (Å²) in [6.07, 6.45) is 0. The largest absolute Gasteiger partial charge is 0.465 e. The summed E-state index contributed by atoms with van der Waals surface area (Å²) in [5.74, 6) is 0.281. The van der Waals surface area contributed by atoms with E-state index in [1.807, 2.05) is 13.8 Å². The molecule has 11 heavy (non-hydrogen) atoms. The normalized spacial score (nSPS) is 41.8. The molecule has 64 valence electrons. The smallest absolute Gasteiger partial charge is 0.326 e. The van der Waals surface area contributed by atoms with Crippen LogP contribution in [-0.4, -0.2) is 18.1 Å². The van der Waals surface area contributed by atoms with Gasteiger partial charge < -0.3 is 10.5 Å². The molecule has 1 rings (SSSR count). The van der Waals surface area contributed by atoms with Crippen molar-refractivity contribution in [2.75, 3.05) is 6.61 Å². The third-order valence-electron chi connectivity index (χ3n) is 2.78. The number of esters is 1. The van der Waals surface area contributed by atoms with Crippen molar-refractivity contribution >= 4 is 5.97 Å². The van der Waals surface area contributed by atoms with Crippen LogP contribution in [0, 0.1) is 11.8 Å². The fourth-order valence-electron chi connectivity index (χ4n) is 1.44. The molecule has 0 heterocycles. The van der Waals surface area contributed by atoms with Gasteiger partial charge in [0.15, 0.2) is 0 Å². The highest BCUT2D eigenvalue weighted by atomic mass is 16.5. The van der Waals surface area contributed by atoms with Crippen molar-refractivity contribution in [3.05, 3.63) is 0 Å². The molecule has 3 atom stereocenters. The van der Waals surface area contributed by atoms with Gasteiger partial charge in [-0.15, -0.1) is 0 Å². The van der Waals surface area contributed by atoms with E-state index in [-0.39, 0.29) is 17.8 Å². The third kappa shape index (κ3) is 1.03. The predicted octanol–water partition coefficient (Wildman–Crippen LogP) is 0.533. The Bertz CT molecular complexity index is 171. The average molecular weight is 157 g/mol. The van der Waals surface area contributed by atoms with Gasteiger partial charge in [-0.05, 0) is 18.8 Å². The molecule has 0 aromatic rings. The van der Waals surface area contributed by atoms with Crippen molar-refractivity contribution in [1.29, 1.82) is 0 Å². The maximum Gasteiger partial charge on any atom is 0.326 e. The summed E-state index contributed by atoms with van der Waals surface area (Å²) in [6.45, 7) is 6.15. The lowest BCUT2D eigenvalue weighted by molar-refractivity contribution is -0.146. The van der Waals surface area contributed by atoms with Gasteiger partial charge in [-0.25, -0.2) is 0 Å². The topological polar surface area (TPSA) is 52.3 Å². The summed E-state index contributed by atoms with van der Waals surface area (Å²) in [5, 5.41) is 0. The lowest BCUT2D eigenvalue weighted by Gasteiger charge is -2.08. The SMILES string of the molecule is CCOC(=O)C1(N)[C@H](C)[C@@H]1C. The van der Waals surface area contributed by atoms with Gasteiger partial charge in [0.25, 0.3) is 0 Å². The molecule has 0 amide bonds. The number of hydrogen-bond acceptors (Lipinski definition) is 3. The van der Waals surface area contributed by atoms with E-state index in [0.717, 1.165) is 0 Å². The quantitative estimate of drug-likeness (QED) is 0.595. The third-order valence-corrected chi connectivity index (χ3v) is 2.78. The fourth-order valence-corrected chi connectivity index (χ4v) is 1.44. The first kappa shape index (κ1) is 8.53. The van der Waals surface area contributed by atoms with Crippen LogP contribution in [0.5, 0.6) is 0 Å². The van der Waals surface area contributed by atoms with E-state index >= 15 is 0 Å². The second kappa shape index (κ2) is 2.48. The van der Waals surface area contributed by atoms with Crippen molar-refractivity contribution in [3.63, 3.8) is 0 Å². The minimum absolute atomic E-state index is 0.250. The van der Waals surface area contributed by atoms with E-state index in [0.29, 0.717) is 6.61 Å². The Morgan fingerprint density at radius 2 is 2.00 bits per heavy atom. The summed E-state index contributed by atoms with van der Waals surface area (Å²) in [6, 6.07) is 0. The van der Waals surface area contributed by atoms with Crippen LogP contribution in [0.4, 0.5) is 0 Å². The van der Waals surface area contributed by atoms with E-state index in [9.17, 15) is 4.79 Å². The Labute approximate surface area is 66.9 Å². The molecule has 0 spiro atoms. The van der Waals surface area contributed by atoms with Gasteiger partial charge in [0, 0.05) is 0 Å². The number of carbonyl (C=O) groups is 1. The average Bonchev–Trinajstić information content (AvgIpc) is 2.43. The molecular weight excluding hydrogens is 142 g/mol. The first-order valence-corrected chi connectivity index (χ1v) is 4.01. The Kier molecular flexibility index (Phi) is 1.92. The lowest BCUT2D eigenvalue weighted by atomic mass is 10.2. The van der Waals surface area contributed by atoms with Crippen LogP contribution in [0.1, 0.15) is 20.8 Å². The van der Waals surface area contributed by atoms with E-state index in [1.165, 1.54) is 0 Å². The molecule has 3 heteroatoms. The standard InChI is InChI=1S/C8H15NO2/c1-4-11-7(10)8(9)5(2)6(8)3/h5-6H,4,9H2,1-3H3/t5-,6+,8?. The Morgan fingerprint density at radius 3 is 2.27 bits per heavy atom. The zero-order chi connectivity index (χ0) is 8.65. The molecule has 1 aliphatic rings. The zero-order valence-electron chi connectivity index (χ0n) is 7.26. The van der Waals surface area contributed by atoms with Crippen LogP contribution >= 0.6 is 0 Å². The molecule has 3 nitrogen and oxygen atoms in total. The van der Waals surface area contributed by atoms with Crippen LogP contribution in [0.2, 0.25) is 0 Å². The van der Waals surface area contributed by atoms with Crippen molar-refractivity contribution < 1.29 is 9.53 Å². The summed E-state index contributed by atoms with van der Waals surface area (Å²) in [4.78, 5) is 11.2. The van der Waals surface area contributed by atoms with Gasteiger partial charge in [0.05, 0.1) is 6.61 Å². The molecule has 0 aromatic carbocycles. The zero-order valence-corrected chi connectivity index (χ0v) is 7.26. The van der Waals surface area contributed by atoms with E-state index in [1.54, 1.807) is 6.92 Å². The van der Waals surface area contributed by atoms with Crippen LogP contribution in [0.15, 0.2) is 0 Å². The second-order valence-corrected chi connectivity index (χ2v) is 3.23. The second-order valence-electron chi connectivity index (χ2n) is 3.23. The summed E-state index contributed by atoms with van der Waals surface area (Å²) in [5.41, 5.74) is 5.10. The highest BCUT2D eigenvalue weighted by Gasteiger charge is 2.63. The van der Waals surface area contributed by atoms with Gasteiger partial charge in [-0.1, -0.05) is 13.8 Å². The fraction of sp³-hybridized carbons (Fsp3) is 0.875. The van der Waals surface area contributed by atoms with E-state index in [2.05, 4.69) is 0 Å². The van der Waals surface area contributed by atoms with Crippen molar-refractivity contribution in [2.45, 2.75) is 26.3 Å². The van der Waals surface area contributed by atoms with Crippen LogP contribution in [-0.2, 0) is 9.53 Å². The molecule has 1 fully saturated rings. The Morgan fingerprint density at radius 1 is 1.55 bits per heavy atom. The molecule has 0 radical (unpaired) electrons. The first-order valence-electron chi connectivity index (χ1n) is 4.01. The van der Waals surface area contributed by atoms with Crippen molar-refractivity contribution in [1.82, 2.24) is 0 Å². The number of hydrogen-bond donors (Lipinski definition) is 1. The molecular formula is C8H15NO2. The number of ether oxygens (including phenoxy) is 1. The Hall–Kier alpha value is -0.570. The van der Waals surface area contributed by atoms with Gasteiger partial charge in [0.1, 0.15) is 5.54 Å². The van der Waals surface area contributed by atoms with Crippen LogP contribution in [0.3, 0.4) is 0 Å². The maximum absolute atomic E-state index is 11.2. The molecule has 1 saturated carbocycles. The van der Waals surface area contributed by atoms with Gasteiger partial charge in [0.2, 0.25) is 0 Å². The van der Waals surface area contributed by atoms with Crippen LogP contribution in [0.25, 0.3) is 0 Å². The molecule has 1 aliphatic carbocycles. The molecule has 0 aromatic heterocycles. The predicted molar refractivity (Wildman–Crippen MR) is 41.9 cm³/mol. The van der Waals surface area contributed by atoms with Gasteiger partial charge in [-0.2, -0.15) is 0 Å². The van der Waals surface area contributed by atoms with Crippen LogP contribution < -0.4 is 5.73 Å². The van der Waals surface area contributed by atoms with E-state index in [4.69, 9.17) is 10.5 Å². The highest BCUT2D eigenvalue weighted by molar-refractivity contribution is 5.85. The molecule has 0 aliphatic heterocycles. The number of carbonyl (C=O) groups excluding carboxylic acids is 1. The highest BCUT2D eigenvalue weighted by Crippen LogP contribution is 2.48. The summed E-state index contributed by atoms with van der Waals surface area (Å²) >= 11 is 0. The number of nitrogens with two attached hydrogens (primary N) is 1. The maximum atomic E-state index is 11.2. The minimum Gasteiger partial charge on any atom is -0.465 e. The lowest BCUT2D eigenvalue weighted by Crippen LogP contribution is -2.38. The van der Waals surface area contributed by atoms with E-state index < -0.39 is 5.54 Å². The Balaban J connectivity index is 2.55.